The SMILES string of the molecule is COc1ccc([C@]23CCN(C)[C@H]2CC2(CCC(=O)NC2)CC3)cc1OC. The first-order chi connectivity index (χ1) is 12.5. The molecule has 2 heterocycles. The molecule has 5 heteroatoms. The van der Waals surface area contributed by atoms with Crippen LogP contribution in [0.25, 0.3) is 0 Å². The summed E-state index contributed by atoms with van der Waals surface area (Å²) in [6.07, 6.45) is 6.43. The molecule has 5 nitrogen and oxygen atoms in total. The van der Waals surface area contributed by atoms with Crippen molar-refractivity contribution in [2.75, 3.05) is 34.4 Å². The number of rotatable bonds is 3. The number of piperidine rings is 1. The third-order valence-corrected chi connectivity index (χ3v) is 7.31. The fourth-order valence-electron chi connectivity index (χ4n) is 5.62. The van der Waals surface area contributed by atoms with E-state index in [0.717, 1.165) is 37.4 Å². The molecule has 0 aromatic heterocycles. The lowest BCUT2D eigenvalue weighted by Crippen LogP contribution is -2.54. The molecule has 4 rings (SSSR count). The molecule has 142 valence electrons. The van der Waals surface area contributed by atoms with Crippen molar-refractivity contribution in [3.8, 4) is 11.5 Å². The van der Waals surface area contributed by atoms with Crippen molar-refractivity contribution in [2.24, 2.45) is 5.41 Å². The van der Waals surface area contributed by atoms with Gasteiger partial charge in [-0.05, 0) is 68.8 Å². The number of carbonyl (C=O) groups is 1. The Hall–Kier alpha value is -1.75. The Bertz CT molecular complexity index is 694. The lowest BCUT2D eigenvalue weighted by Gasteiger charge is -2.51. The summed E-state index contributed by atoms with van der Waals surface area (Å²) in [5.41, 5.74) is 1.83. The number of amides is 1. The highest BCUT2D eigenvalue weighted by Gasteiger charge is 2.55. The van der Waals surface area contributed by atoms with Gasteiger partial charge in [0.2, 0.25) is 5.91 Å². The molecular formula is C21H30N2O3. The van der Waals surface area contributed by atoms with Crippen LogP contribution in [0, 0.1) is 5.41 Å². The lowest BCUT2D eigenvalue weighted by atomic mass is 9.57. The molecule has 1 amide bonds. The Morgan fingerprint density at radius 1 is 1.12 bits per heavy atom. The van der Waals surface area contributed by atoms with Gasteiger partial charge in [-0.2, -0.15) is 0 Å². The second-order valence-electron chi connectivity index (χ2n) is 8.45. The number of fused-ring (bicyclic) bond motifs is 1. The Labute approximate surface area is 156 Å². The van der Waals surface area contributed by atoms with Crippen LogP contribution < -0.4 is 14.8 Å². The first-order valence-electron chi connectivity index (χ1n) is 9.71. The van der Waals surface area contributed by atoms with Crippen molar-refractivity contribution in [3.05, 3.63) is 23.8 Å². The van der Waals surface area contributed by atoms with Crippen molar-refractivity contribution < 1.29 is 14.3 Å². The summed E-state index contributed by atoms with van der Waals surface area (Å²) in [4.78, 5) is 14.2. The minimum absolute atomic E-state index is 0.182. The van der Waals surface area contributed by atoms with Gasteiger partial charge < -0.3 is 19.7 Å². The topological polar surface area (TPSA) is 50.8 Å². The van der Waals surface area contributed by atoms with Gasteiger partial charge in [-0.3, -0.25) is 4.79 Å². The van der Waals surface area contributed by atoms with Gasteiger partial charge in [0.15, 0.2) is 11.5 Å². The number of carbonyl (C=O) groups excluding carboxylic acids is 1. The van der Waals surface area contributed by atoms with E-state index < -0.39 is 0 Å². The minimum atomic E-state index is 0.182. The van der Waals surface area contributed by atoms with Crippen molar-refractivity contribution in [3.63, 3.8) is 0 Å². The van der Waals surface area contributed by atoms with Gasteiger partial charge >= 0.3 is 0 Å². The highest BCUT2D eigenvalue weighted by molar-refractivity contribution is 5.76. The second kappa shape index (κ2) is 6.45. The summed E-state index contributed by atoms with van der Waals surface area (Å²) in [6.45, 7) is 1.97. The summed E-state index contributed by atoms with van der Waals surface area (Å²) >= 11 is 0. The zero-order valence-corrected chi connectivity index (χ0v) is 16.1. The summed E-state index contributed by atoms with van der Waals surface area (Å²) < 4.78 is 11.0. The Morgan fingerprint density at radius 2 is 1.92 bits per heavy atom. The van der Waals surface area contributed by atoms with Crippen LogP contribution in [-0.2, 0) is 10.2 Å². The van der Waals surface area contributed by atoms with Gasteiger partial charge in [-0.1, -0.05) is 6.07 Å². The molecule has 1 aliphatic carbocycles. The van der Waals surface area contributed by atoms with Gasteiger partial charge in [0.05, 0.1) is 14.2 Å². The summed E-state index contributed by atoms with van der Waals surface area (Å²) in [5, 5.41) is 3.13. The number of ether oxygens (including phenoxy) is 2. The Kier molecular flexibility index (Phi) is 4.38. The zero-order valence-electron chi connectivity index (χ0n) is 16.1. The number of nitrogens with zero attached hydrogens (tertiary/aromatic N) is 1. The highest BCUT2D eigenvalue weighted by atomic mass is 16.5. The van der Waals surface area contributed by atoms with Gasteiger partial charge in [0, 0.05) is 24.4 Å². The average Bonchev–Trinajstić information content (AvgIpc) is 3.01. The Morgan fingerprint density at radius 3 is 2.62 bits per heavy atom. The molecule has 1 N–H and O–H groups in total. The Balaban J connectivity index is 1.66. The largest absolute Gasteiger partial charge is 0.493 e. The fraction of sp³-hybridized carbons (Fsp3) is 0.667. The molecule has 3 aliphatic rings. The van der Waals surface area contributed by atoms with Crippen LogP contribution in [0.1, 0.15) is 44.1 Å². The van der Waals surface area contributed by atoms with E-state index in [2.05, 4.69) is 29.4 Å². The minimum Gasteiger partial charge on any atom is -0.493 e. The molecule has 2 aliphatic heterocycles. The van der Waals surface area contributed by atoms with Crippen LogP contribution in [0.3, 0.4) is 0 Å². The van der Waals surface area contributed by atoms with Crippen molar-refractivity contribution in [2.45, 2.75) is 50.0 Å². The van der Waals surface area contributed by atoms with Crippen LogP contribution >= 0.6 is 0 Å². The maximum Gasteiger partial charge on any atom is 0.220 e. The van der Waals surface area contributed by atoms with Crippen molar-refractivity contribution in [1.82, 2.24) is 10.2 Å². The standard InChI is InChI=1S/C21H30N2O3/c1-23-11-10-21(15-4-5-16(25-2)17(12-15)26-3)9-8-20(13-18(21)23)7-6-19(24)22-14-20/h4-5,12,18H,6-11,13-14H2,1-3H3,(H,22,24)/t18-,20?,21-/m0/s1. The smallest absolute Gasteiger partial charge is 0.220 e. The number of hydrogen-bond donors (Lipinski definition) is 1. The van der Waals surface area contributed by atoms with Gasteiger partial charge in [-0.15, -0.1) is 0 Å². The number of nitrogens with one attached hydrogen (secondary N) is 1. The molecule has 0 radical (unpaired) electrons. The van der Waals surface area contributed by atoms with Crippen LogP contribution in [0.2, 0.25) is 0 Å². The van der Waals surface area contributed by atoms with Crippen LogP contribution in [0.15, 0.2) is 18.2 Å². The number of hydrogen-bond acceptors (Lipinski definition) is 4. The predicted octanol–water partition coefficient (Wildman–Crippen LogP) is 2.73. The first-order valence-corrected chi connectivity index (χ1v) is 9.71. The molecular weight excluding hydrogens is 328 g/mol. The first kappa shape index (κ1) is 17.7. The monoisotopic (exact) mass is 358 g/mol. The zero-order chi connectivity index (χ0) is 18.4. The average molecular weight is 358 g/mol. The molecule has 0 bridgehead atoms. The van der Waals surface area contributed by atoms with Crippen LogP contribution in [0.4, 0.5) is 0 Å². The molecule has 3 fully saturated rings. The van der Waals surface area contributed by atoms with E-state index in [-0.39, 0.29) is 16.7 Å². The third kappa shape index (κ3) is 2.68. The van der Waals surface area contributed by atoms with E-state index in [1.54, 1.807) is 14.2 Å². The lowest BCUT2D eigenvalue weighted by molar-refractivity contribution is -0.125. The van der Waals surface area contributed by atoms with Gasteiger partial charge in [-0.25, -0.2) is 0 Å². The van der Waals surface area contributed by atoms with Crippen molar-refractivity contribution in [1.29, 1.82) is 0 Å². The van der Waals surface area contributed by atoms with Crippen molar-refractivity contribution >= 4 is 5.91 Å². The number of methoxy groups -OCH3 is 2. The number of benzene rings is 1. The molecule has 1 aromatic carbocycles. The van der Waals surface area contributed by atoms with Gasteiger partial charge in [0.1, 0.15) is 0 Å². The molecule has 26 heavy (non-hydrogen) atoms. The van der Waals surface area contributed by atoms with Crippen LogP contribution in [-0.4, -0.2) is 51.2 Å². The van der Waals surface area contributed by atoms with E-state index in [4.69, 9.17) is 9.47 Å². The third-order valence-electron chi connectivity index (χ3n) is 7.31. The quantitative estimate of drug-likeness (QED) is 0.903. The van der Waals surface area contributed by atoms with E-state index in [0.29, 0.717) is 12.5 Å². The molecule has 1 spiro atoms. The summed E-state index contributed by atoms with van der Waals surface area (Å²) in [7, 11) is 5.65. The normalized spacial score (nSPS) is 34.4. The van der Waals surface area contributed by atoms with E-state index in [1.165, 1.54) is 24.8 Å². The van der Waals surface area contributed by atoms with Crippen LogP contribution in [0.5, 0.6) is 11.5 Å². The predicted molar refractivity (Wildman–Crippen MR) is 101 cm³/mol. The second-order valence-corrected chi connectivity index (χ2v) is 8.45. The maximum atomic E-state index is 11.6. The number of likely N-dealkylation sites (tertiary alicyclic amines) is 1. The fourth-order valence-corrected chi connectivity index (χ4v) is 5.62. The summed E-state index contributed by atoms with van der Waals surface area (Å²) in [5.74, 6) is 1.82. The van der Waals surface area contributed by atoms with Gasteiger partial charge in [0.25, 0.3) is 0 Å². The maximum absolute atomic E-state index is 11.6. The summed E-state index contributed by atoms with van der Waals surface area (Å²) in [6, 6.07) is 6.98. The molecule has 1 unspecified atom stereocenters. The van der Waals surface area contributed by atoms with E-state index >= 15 is 0 Å². The molecule has 3 atom stereocenters. The highest BCUT2D eigenvalue weighted by Crippen LogP contribution is 2.56. The van der Waals surface area contributed by atoms with E-state index in [9.17, 15) is 4.79 Å². The number of likely N-dealkylation sites (N-methyl/N-ethyl adjacent to an activating group) is 1. The van der Waals surface area contributed by atoms with E-state index in [1.807, 2.05) is 6.07 Å². The molecule has 1 aromatic rings. The molecule has 1 saturated carbocycles. The molecule has 2 saturated heterocycles.